The van der Waals surface area contributed by atoms with E-state index in [-0.39, 0.29) is 17.8 Å². The van der Waals surface area contributed by atoms with Crippen LogP contribution in [0.3, 0.4) is 0 Å². The normalized spacial score (nSPS) is 24.2. The van der Waals surface area contributed by atoms with Gasteiger partial charge in [0.1, 0.15) is 0 Å². The molecule has 0 heterocycles. The van der Waals surface area contributed by atoms with Gasteiger partial charge in [0.2, 0.25) is 0 Å². The lowest BCUT2D eigenvalue weighted by atomic mass is 10.1. The lowest BCUT2D eigenvalue weighted by Gasteiger charge is -2.14. The van der Waals surface area contributed by atoms with Crippen LogP contribution in [0.2, 0.25) is 0 Å². The van der Waals surface area contributed by atoms with Gasteiger partial charge >= 0.3 is 0 Å². The fourth-order valence-electron chi connectivity index (χ4n) is 1.13. The molecule has 0 bridgehead atoms. The molecule has 0 amide bonds. The van der Waals surface area contributed by atoms with Crippen LogP contribution in [-0.4, -0.2) is 26.2 Å². The number of hydrogen-bond acceptors (Lipinski definition) is 3. The molecule has 0 saturated heterocycles. The van der Waals surface area contributed by atoms with E-state index in [1.165, 1.54) is 0 Å². The topological polar surface area (TPSA) is 60.4 Å². The molecule has 1 atom stereocenters. The summed E-state index contributed by atoms with van der Waals surface area (Å²) in [6.07, 6.45) is 2.56. The summed E-state index contributed by atoms with van der Waals surface area (Å²) in [6.45, 7) is 0.108. The Morgan fingerprint density at radius 3 is 2.50 bits per heavy atom. The SMILES string of the molecule is O=S([O-])CC1(CCO)CC1. The third kappa shape index (κ3) is 2.04. The Balaban J connectivity index is 2.30. The van der Waals surface area contributed by atoms with Gasteiger partial charge in [-0.05, 0) is 24.7 Å². The number of aliphatic hydroxyl groups excluding tert-OH is 1. The van der Waals surface area contributed by atoms with E-state index in [9.17, 15) is 8.76 Å². The monoisotopic (exact) mass is 163 g/mol. The third-order valence-electron chi connectivity index (χ3n) is 2.02. The molecule has 0 aromatic carbocycles. The lowest BCUT2D eigenvalue weighted by molar-refractivity contribution is 0.256. The zero-order valence-electron chi connectivity index (χ0n) is 5.71. The Labute approximate surface area is 62.7 Å². The molecule has 1 aliphatic carbocycles. The maximum Gasteiger partial charge on any atom is 0.0436 e. The van der Waals surface area contributed by atoms with Gasteiger partial charge < -0.3 is 9.66 Å². The zero-order valence-corrected chi connectivity index (χ0v) is 6.52. The minimum absolute atomic E-state index is 0.0403. The van der Waals surface area contributed by atoms with E-state index in [1.54, 1.807) is 0 Å². The molecule has 1 N–H and O–H groups in total. The first-order chi connectivity index (χ1) is 4.68. The molecule has 1 fully saturated rings. The Morgan fingerprint density at radius 1 is 1.60 bits per heavy atom. The number of rotatable bonds is 4. The summed E-state index contributed by atoms with van der Waals surface area (Å²) < 4.78 is 20.5. The van der Waals surface area contributed by atoms with Gasteiger partial charge in [0.05, 0.1) is 0 Å². The van der Waals surface area contributed by atoms with Gasteiger partial charge in [-0.15, -0.1) is 0 Å². The number of aliphatic hydroxyl groups is 1. The van der Waals surface area contributed by atoms with Crippen LogP contribution in [0.25, 0.3) is 0 Å². The molecule has 0 aliphatic heterocycles. The van der Waals surface area contributed by atoms with Crippen LogP contribution in [0.15, 0.2) is 0 Å². The van der Waals surface area contributed by atoms with Crippen LogP contribution >= 0.6 is 0 Å². The Morgan fingerprint density at radius 2 is 2.20 bits per heavy atom. The van der Waals surface area contributed by atoms with Crippen molar-refractivity contribution in [2.45, 2.75) is 19.3 Å². The highest BCUT2D eigenvalue weighted by molar-refractivity contribution is 7.79. The van der Waals surface area contributed by atoms with E-state index in [1.807, 2.05) is 0 Å². The Kier molecular flexibility index (Phi) is 2.44. The van der Waals surface area contributed by atoms with Crippen molar-refractivity contribution in [2.24, 2.45) is 5.41 Å². The quantitative estimate of drug-likeness (QED) is 0.595. The van der Waals surface area contributed by atoms with Gasteiger partial charge in [0.15, 0.2) is 0 Å². The predicted molar refractivity (Wildman–Crippen MR) is 37.2 cm³/mol. The first-order valence-electron chi connectivity index (χ1n) is 3.35. The molecule has 0 aromatic heterocycles. The summed E-state index contributed by atoms with van der Waals surface area (Å²) in [6, 6.07) is 0. The standard InChI is InChI=1S/C6H12O3S/c7-4-3-6(1-2-6)5-10(8)9/h7H,1-5H2,(H,8,9)/p-1. The largest absolute Gasteiger partial charge is 0.772 e. The van der Waals surface area contributed by atoms with Gasteiger partial charge in [-0.1, -0.05) is 11.1 Å². The first kappa shape index (κ1) is 8.17. The minimum atomic E-state index is -1.94. The highest BCUT2D eigenvalue weighted by Crippen LogP contribution is 2.48. The van der Waals surface area contributed by atoms with Crippen LogP contribution in [0, 0.1) is 5.41 Å². The van der Waals surface area contributed by atoms with Crippen LogP contribution < -0.4 is 0 Å². The van der Waals surface area contributed by atoms with Crippen LogP contribution in [0.1, 0.15) is 19.3 Å². The zero-order chi connectivity index (χ0) is 7.61. The second-order valence-electron chi connectivity index (χ2n) is 2.92. The molecule has 1 rings (SSSR count). The smallest absolute Gasteiger partial charge is 0.0436 e. The van der Waals surface area contributed by atoms with E-state index in [2.05, 4.69) is 0 Å². The first-order valence-corrected chi connectivity index (χ1v) is 4.60. The summed E-state index contributed by atoms with van der Waals surface area (Å²) in [4.78, 5) is 0. The summed E-state index contributed by atoms with van der Waals surface area (Å²) in [5.41, 5.74) is -0.0403. The van der Waals surface area contributed by atoms with Crippen molar-refractivity contribution in [1.29, 1.82) is 0 Å². The highest BCUT2D eigenvalue weighted by Gasteiger charge is 2.41. The van der Waals surface area contributed by atoms with Crippen molar-refractivity contribution in [3.05, 3.63) is 0 Å². The van der Waals surface area contributed by atoms with Crippen molar-refractivity contribution < 1.29 is 13.9 Å². The fourth-order valence-corrected chi connectivity index (χ4v) is 2.06. The Hall–Kier alpha value is 0.0700. The van der Waals surface area contributed by atoms with Gasteiger partial charge in [0.25, 0.3) is 0 Å². The van der Waals surface area contributed by atoms with E-state index in [0.717, 1.165) is 12.8 Å². The summed E-state index contributed by atoms with van der Waals surface area (Å²) in [5.74, 6) is 0.230. The molecule has 10 heavy (non-hydrogen) atoms. The highest BCUT2D eigenvalue weighted by atomic mass is 32.2. The van der Waals surface area contributed by atoms with Gasteiger partial charge in [-0.3, -0.25) is 4.21 Å². The maximum atomic E-state index is 10.2. The molecular formula is C6H11O3S-. The van der Waals surface area contributed by atoms with Crippen molar-refractivity contribution >= 4 is 11.1 Å². The summed E-state index contributed by atoms with van der Waals surface area (Å²) in [5, 5.41) is 8.55. The third-order valence-corrected chi connectivity index (χ3v) is 2.87. The van der Waals surface area contributed by atoms with Crippen molar-refractivity contribution in [3.8, 4) is 0 Å². The Bertz CT molecular complexity index is 142. The van der Waals surface area contributed by atoms with Crippen LogP contribution in [-0.2, 0) is 11.1 Å². The average molecular weight is 163 g/mol. The molecule has 0 aromatic rings. The molecule has 1 unspecified atom stereocenters. The summed E-state index contributed by atoms with van der Waals surface area (Å²) in [7, 11) is 0. The van der Waals surface area contributed by atoms with E-state index in [0.29, 0.717) is 6.42 Å². The van der Waals surface area contributed by atoms with Crippen LogP contribution in [0.5, 0.6) is 0 Å². The second kappa shape index (κ2) is 2.98. The van der Waals surface area contributed by atoms with Crippen molar-refractivity contribution in [2.75, 3.05) is 12.4 Å². The molecular weight excluding hydrogens is 152 g/mol. The molecule has 4 heteroatoms. The molecule has 60 valence electrons. The van der Waals surface area contributed by atoms with Crippen molar-refractivity contribution in [3.63, 3.8) is 0 Å². The molecule has 0 radical (unpaired) electrons. The molecule has 1 aliphatic rings. The summed E-state index contributed by atoms with van der Waals surface area (Å²) >= 11 is -1.94. The van der Waals surface area contributed by atoms with Crippen LogP contribution in [0.4, 0.5) is 0 Å². The number of hydrogen-bond donors (Lipinski definition) is 1. The predicted octanol–water partition coefficient (Wildman–Crippen LogP) is 0.0281. The maximum absolute atomic E-state index is 10.2. The molecule has 0 spiro atoms. The van der Waals surface area contributed by atoms with E-state index in [4.69, 9.17) is 5.11 Å². The second-order valence-corrected chi connectivity index (χ2v) is 3.82. The van der Waals surface area contributed by atoms with Gasteiger partial charge in [0, 0.05) is 12.4 Å². The fraction of sp³-hybridized carbons (Fsp3) is 1.00. The van der Waals surface area contributed by atoms with E-state index >= 15 is 0 Å². The van der Waals surface area contributed by atoms with Crippen molar-refractivity contribution in [1.82, 2.24) is 0 Å². The van der Waals surface area contributed by atoms with Gasteiger partial charge in [-0.2, -0.15) is 0 Å². The lowest BCUT2D eigenvalue weighted by Crippen LogP contribution is -2.13. The van der Waals surface area contributed by atoms with Gasteiger partial charge in [-0.25, -0.2) is 0 Å². The average Bonchev–Trinajstić information content (AvgIpc) is 2.47. The minimum Gasteiger partial charge on any atom is -0.772 e. The molecule has 1 saturated carbocycles. The van der Waals surface area contributed by atoms with E-state index < -0.39 is 11.1 Å². The molecule has 3 nitrogen and oxygen atoms in total.